The van der Waals surface area contributed by atoms with Gasteiger partial charge in [-0.25, -0.2) is 8.42 Å². The molecule has 0 unspecified atom stereocenters. The maximum atomic E-state index is 11.8. The molecule has 0 heterocycles. The highest BCUT2D eigenvalue weighted by Gasteiger charge is 2.44. The first kappa shape index (κ1) is 14.4. The van der Waals surface area contributed by atoms with Gasteiger partial charge in [-0.15, -0.1) is 0 Å². The van der Waals surface area contributed by atoms with Crippen LogP contribution in [0.3, 0.4) is 0 Å². The van der Waals surface area contributed by atoms with E-state index < -0.39 is 17.6 Å². The third kappa shape index (κ3) is 2.77. The van der Waals surface area contributed by atoms with Gasteiger partial charge in [-0.05, 0) is 28.2 Å². The first-order valence-electron chi connectivity index (χ1n) is 4.66. The van der Waals surface area contributed by atoms with Crippen LogP contribution in [0.25, 0.3) is 0 Å². The van der Waals surface area contributed by atoms with Gasteiger partial charge in [0.05, 0.1) is 0 Å². The fraction of sp³-hybridized carbons (Fsp3) is 0.400. The molecule has 0 radical (unpaired) electrons. The van der Waals surface area contributed by atoms with Gasteiger partial charge in [0.1, 0.15) is 6.10 Å². The molecule has 0 bridgehead atoms. The van der Waals surface area contributed by atoms with Crippen molar-refractivity contribution < 1.29 is 13.5 Å². The van der Waals surface area contributed by atoms with Gasteiger partial charge >= 0.3 is 0 Å². The van der Waals surface area contributed by atoms with Crippen LogP contribution in [0.4, 0.5) is 0 Å². The number of hydrogen-bond acceptors (Lipinski definition) is 3. The predicted octanol–water partition coefficient (Wildman–Crippen LogP) is 2.64. The summed E-state index contributed by atoms with van der Waals surface area (Å²) in [6.07, 6.45) is -1.10. The van der Waals surface area contributed by atoms with Crippen LogP contribution in [-0.2, 0) is 9.84 Å². The Hall–Kier alpha value is 0.340. The highest BCUT2D eigenvalue weighted by atomic mass is 127. The molecule has 1 aromatic carbocycles. The third-order valence-electron chi connectivity index (χ3n) is 2.23. The second-order valence-electron chi connectivity index (χ2n) is 3.28. The molecule has 6 heteroatoms. The number of rotatable bonds is 4. The van der Waals surface area contributed by atoms with Crippen molar-refractivity contribution in [1.29, 1.82) is 0 Å². The second kappa shape index (κ2) is 5.32. The number of aliphatic hydroxyl groups is 1. The summed E-state index contributed by atoms with van der Waals surface area (Å²) in [5, 5.41) is 10.1. The Kier molecular flexibility index (Phi) is 4.79. The molecule has 1 aromatic rings. The van der Waals surface area contributed by atoms with Crippen LogP contribution in [0.1, 0.15) is 18.6 Å². The average Bonchev–Trinajstić information content (AvgIpc) is 2.29. The first-order chi connectivity index (χ1) is 7.33. The fourth-order valence-corrected chi connectivity index (χ4v) is 4.30. The van der Waals surface area contributed by atoms with Crippen LogP contribution in [0.5, 0.6) is 0 Å². The topological polar surface area (TPSA) is 54.4 Å². The van der Waals surface area contributed by atoms with Crippen LogP contribution in [0.2, 0.25) is 0 Å². The molecule has 0 saturated heterocycles. The van der Waals surface area contributed by atoms with Gasteiger partial charge in [-0.1, -0.05) is 53.2 Å². The Balaban J connectivity index is 3.11. The van der Waals surface area contributed by atoms with E-state index in [1.54, 1.807) is 53.8 Å². The van der Waals surface area contributed by atoms with E-state index in [4.69, 9.17) is 0 Å². The Morgan fingerprint density at radius 3 is 2.38 bits per heavy atom. The maximum Gasteiger partial charge on any atom is 0.207 e. The van der Waals surface area contributed by atoms with Crippen LogP contribution in [-0.4, -0.2) is 20.9 Å². The minimum Gasteiger partial charge on any atom is -0.385 e. The lowest BCUT2D eigenvalue weighted by Crippen LogP contribution is -2.33. The lowest BCUT2D eigenvalue weighted by molar-refractivity contribution is 0.191. The monoisotopic (exact) mass is 418 g/mol. The number of halogens is 2. The molecule has 0 saturated carbocycles. The summed E-state index contributed by atoms with van der Waals surface area (Å²) in [7, 11) is -3.39. The number of aliphatic hydroxyl groups excluding tert-OH is 1. The van der Waals surface area contributed by atoms with Gasteiger partial charge in [0, 0.05) is 5.75 Å². The summed E-state index contributed by atoms with van der Waals surface area (Å²) in [5.41, 5.74) is 0.575. The number of benzene rings is 1. The molecule has 0 aliphatic carbocycles. The number of sulfone groups is 1. The maximum absolute atomic E-state index is 11.8. The Labute approximate surface area is 117 Å². The molecular weight excluding hydrogens is 407 g/mol. The van der Waals surface area contributed by atoms with E-state index in [0.717, 1.165) is 0 Å². The summed E-state index contributed by atoms with van der Waals surface area (Å²) < 4.78 is 22.3. The standard InChI is InChI=1S/C10H12BrIO3S/c1-2-16(14,15)10(11,12)9(13)8-6-4-3-5-7-8/h3-7,9,13H,2H2,1H3/t9-,10+/m1/s1. The highest BCUT2D eigenvalue weighted by Crippen LogP contribution is 2.44. The van der Waals surface area contributed by atoms with Gasteiger partial charge in [0.25, 0.3) is 0 Å². The average molecular weight is 419 g/mol. The Bertz CT molecular complexity index is 444. The van der Waals surface area contributed by atoms with Crippen molar-refractivity contribution >= 4 is 48.4 Å². The normalized spacial score (nSPS) is 17.8. The molecule has 90 valence electrons. The Morgan fingerprint density at radius 2 is 1.94 bits per heavy atom. The zero-order chi connectivity index (χ0) is 12.4. The molecule has 1 N–H and O–H groups in total. The lowest BCUT2D eigenvalue weighted by atomic mass is 10.1. The van der Waals surface area contributed by atoms with Crippen molar-refractivity contribution in [3.8, 4) is 0 Å². The first-order valence-corrected chi connectivity index (χ1v) is 8.18. The molecule has 0 aliphatic rings. The minimum absolute atomic E-state index is 0.0227. The SMILES string of the molecule is CCS(=O)(=O)[C@@](Br)(I)[C@H](O)c1ccccc1. The van der Waals surface area contributed by atoms with Gasteiger partial charge < -0.3 is 5.11 Å². The van der Waals surface area contributed by atoms with Crippen LogP contribution in [0, 0.1) is 0 Å². The summed E-state index contributed by atoms with van der Waals surface area (Å²) >= 11 is 4.84. The fourth-order valence-electron chi connectivity index (χ4n) is 1.19. The van der Waals surface area contributed by atoms with Crippen molar-refractivity contribution in [3.63, 3.8) is 0 Å². The van der Waals surface area contributed by atoms with E-state index in [-0.39, 0.29) is 5.75 Å². The zero-order valence-corrected chi connectivity index (χ0v) is 13.2. The Morgan fingerprint density at radius 1 is 1.44 bits per heavy atom. The molecule has 0 amide bonds. The predicted molar refractivity (Wildman–Crippen MR) is 76.5 cm³/mol. The molecule has 0 spiro atoms. The molecule has 1 rings (SSSR count). The molecule has 0 fully saturated rings. The third-order valence-corrected chi connectivity index (χ3v) is 8.56. The molecule has 2 atom stereocenters. The summed E-state index contributed by atoms with van der Waals surface area (Å²) in [4.78, 5) is 0. The largest absolute Gasteiger partial charge is 0.385 e. The zero-order valence-electron chi connectivity index (χ0n) is 8.60. The molecule has 3 nitrogen and oxygen atoms in total. The smallest absolute Gasteiger partial charge is 0.207 e. The number of hydrogen-bond donors (Lipinski definition) is 1. The number of alkyl halides is 2. The van der Waals surface area contributed by atoms with Crippen molar-refractivity contribution in [2.45, 2.75) is 14.7 Å². The van der Waals surface area contributed by atoms with Gasteiger partial charge in [-0.2, -0.15) is 0 Å². The van der Waals surface area contributed by atoms with E-state index in [0.29, 0.717) is 5.56 Å². The minimum atomic E-state index is -3.39. The van der Waals surface area contributed by atoms with E-state index in [2.05, 4.69) is 15.9 Å². The van der Waals surface area contributed by atoms with Gasteiger partial charge in [0.2, 0.25) is 1.66 Å². The van der Waals surface area contributed by atoms with Crippen LogP contribution >= 0.6 is 38.5 Å². The van der Waals surface area contributed by atoms with E-state index in [1.165, 1.54) is 0 Å². The molecule has 0 aliphatic heterocycles. The van der Waals surface area contributed by atoms with Crippen LogP contribution in [0.15, 0.2) is 30.3 Å². The highest BCUT2D eigenvalue weighted by molar-refractivity contribution is 14.1. The summed E-state index contributed by atoms with van der Waals surface area (Å²) in [6.45, 7) is 1.56. The van der Waals surface area contributed by atoms with Crippen molar-refractivity contribution in [3.05, 3.63) is 35.9 Å². The molecule has 16 heavy (non-hydrogen) atoms. The lowest BCUT2D eigenvalue weighted by Gasteiger charge is -2.26. The van der Waals surface area contributed by atoms with Crippen molar-refractivity contribution in [1.82, 2.24) is 0 Å². The quantitative estimate of drug-likeness (QED) is 0.604. The van der Waals surface area contributed by atoms with E-state index in [9.17, 15) is 13.5 Å². The van der Waals surface area contributed by atoms with Gasteiger partial charge in [0.15, 0.2) is 9.84 Å². The van der Waals surface area contributed by atoms with Crippen molar-refractivity contribution in [2.75, 3.05) is 5.75 Å². The van der Waals surface area contributed by atoms with Crippen molar-refractivity contribution in [2.24, 2.45) is 0 Å². The summed E-state index contributed by atoms with van der Waals surface area (Å²) in [5.74, 6) is -0.0227. The van der Waals surface area contributed by atoms with Crippen LogP contribution < -0.4 is 0 Å². The second-order valence-corrected chi connectivity index (χ2v) is 11.4. The van der Waals surface area contributed by atoms with Gasteiger partial charge in [-0.3, -0.25) is 0 Å². The van der Waals surface area contributed by atoms with E-state index in [1.807, 2.05) is 6.07 Å². The molecular formula is C10H12BrIO3S. The summed E-state index contributed by atoms with van der Waals surface area (Å²) in [6, 6.07) is 8.73. The molecule has 0 aromatic heterocycles. The van der Waals surface area contributed by atoms with E-state index >= 15 is 0 Å².